The number of nitrogens with zero attached hydrogens (tertiary/aromatic N) is 2. The first-order chi connectivity index (χ1) is 8.16. The third kappa shape index (κ3) is 4.48. The second-order valence-corrected chi connectivity index (χ2v) is 6.26. The Bertz CT molecular complexity index is 275. The third-order valence-corrected chi connectivity index (χ3v) is 4.38. The number of thioether (sulfide) groups is 1. The predicted octanol–water partition coefficient (Wildman–Crippen LogP) is 1.18. The normalized spacial score (nSPS) is 27.3. The molecule has 0 bridgehead atoms. The summed E-state index contributed by atoms with van der Waals surface area (Å²) in [5.74, 6) is 1.12. The van der Waals surface area contributed by atoms with E-state index in [-0.39, 0.29) is 5.54 Å². The molecule has 0 unspecified atom stereocenters. The van der Waals surface area contributed by atoms with Gasteiger partial charge in [0.15, 0.2) is 5.17 Å². The predicted molar refractivity (Wildman–Crippen MR) is 73.9 cm³/mol. The topological polar surface area (TPSA) is 36.9 Å². The van der Waals surface area contributed by atoms with Crippen molar-refractivity contribution in [2.75, 3.05) is 45.1 Å². The van der Waals surface area contributed by atoms with Gasteiger partial charge in [-0.3, -0.25) is 9.89 Å². The van der Waals surface area contributed by atoms with Gasteiger partial charge in [-0.15, -0.1) is 0 Å². The molecule has 2 aliphatic heterocycles. The van der Waals surface area contributed by atoms with Crippen molar-refractivity contribution in [1.29, 1.82) is 0 Å². The molecular formula is C12H23N3OS. The van der Waals surface area contributed by atoms with Crippen molar-refractivity contribution in [3.05, 3.63) is 0 Å². The molecule has 2 rings (SSSR count). The van der Waals surface area contributed by atoms with Gasteiger partial charge < -0.3 is 10.1 Å². The van der Waals surface area contributed by atoms with Gasteiger partial charge in [-0.1, -0.05) is 11.8 Å². The molecule has 0 saturated carbocycles. The van der Waals surface area contributed by atoms with E-state index in [0.29, 0.717) is 0 Å². The summed E-state index contributed by atoms with van der Waals surface area (Å²) in [6.45, 7) is 10.5. The van der Waals surface area contributed by atoms with E-state index in [1.165, 1.54) is 0 Å². The quantitative estimate of drug-likeness (QED) is 0.767. The number of hydrogen-bond acceptors (Lipinski definition) is 4. The molecule has 5 heteroatoms. The van der Waals surface area contributed by atoms with Gasteiger partial charge in [-0.2, -0.15) is 0 Å². The van der Waals surface area contributed by atoms with E-state index in [1.807, 2.05) is 11.8 Å². The summed E-state index contributed by atoms with van der Waals surface area (Å²) < 4.78 is 5.33. The highest BCUT2D eigenvalue weighted by atomic mass is 32.2. The van der Waals surface area contributed by atoms with Crippen molar-refractivity contribution >= 4 is 16.9 Å². The van der Waals surface area contributed by atoms with Crippen molar-refractivity contribution in [2.24, 2.45) is 4.99 Å². The lowest BCUT2D eigenvalue weighted by Gasteiger charge is -2.26. The van der Waals surface area contributed by atoms with Gasteiger partial charge >= 0.3 is 0 Å². The molecule has 17 heavy (non-hydrogen) atoms. The van der Waals surface area contributed by atoms with Crippen molar-refractivity contribution in [3.8, 4) is 0 Å². The largest absolute Gasteiger partial charge is 0.379 e. The molecule has 0 spiro atoms. The Morgan fingerprint density at radius 1 is 1.41 bits per heavy atom. The molecule has 0 aromatic carbocycles. The average molecular weight is 257 g/mol. The minimum absolute atomic E-state index is 0.216. The number of amidine groups is 1. The molecule has 98 valence electrons. The van der Waals surface area contributed by atoms with Crippen LogP contribution < -0.4 is 5.32 Å². The SMILES string of the molecule is CC1(C)CSC(=NCCCN2CCOCC2)N1. The lowest BCUT2D eigenvalue weighted by atomic mass is 10.1. The number of aliphatic imine (C=N–C) groups is 1. The fourth-order valence-electron chi connectivity index (χ4n) is 2.00. The zero-order chi connectivity index (χ0) is 12.1. The van der Waals surface area contributed by atoms with E-state index < -0.39 is 0 Å². The number of ether oxygens (including phenoxy) is 1. The van der Waals surface area contributed by atoms with Gasteiger partial charge in [-0.05, 0) is 20.3 Å². The lowest BCUT2D eigenvalue weighted by molar-refractivity contribution is 0.0377. The highest BCUT2D eigenvalue weighted by Gasteiger charge is 2.26. The fraction of sp³-hybridized carbons (Fsp3) is 0.917. The smallest absolute Gasteiger partial charge is 0.157 e. The van der Waals surface area contributed by atoms with Crippen LogP contribution in [-0.2, 0) is 4.74 Å². The first kappa shape index (κ1) is 13.2. The van der Waals surface area contributed by atoms with Crippen LogP contribution >= 0.6 is 11.8 Å². The van der Waals surface area contributed by atoms with Crippen molar-refractivity contribution in [1.82, 2.24) is 10.2 Å². The molecule has 0 aromatic rings. The maximum atomic E-state index is 5.33. The van der Waals surface area contributed by atoms with Crippen LogP contribution in [0.3, 0.4) is 0 Å². The van der Waals surface area contributed by atoms with Gasteiger partial charge in [0.05, 0.1) is 13.2 Å². The van der Waals surface area contributed by atoms with Crippen LogP contribution in [0.4, 0.5) is 0 Å². The number of rotatable bonds is 4. The summed E-state index contributed by atoms with van der Waals surface area (Å²) in [6, 6.07) is 0. The van der Waals surface area contributed by atoms with E-state index in [9.17, 15) is 0 Å². The van der Waals surface area contributed by atoms with Gasteiger partial charge in [0.25, 0.3) is 0 Å². The van der Waals surface area contributed by atoms with E-state index >= 15 is 0 Å². The second kappa shape index (κ2) is 6.07. The summed E-state index contributed by atoms with van der Waals surface area (Å²) in [7, 11) is 0. The Morgan fingerprint density at radius 2 is 2.18 bits per heavy atom. The Kier molecular flexibility index (Phi) is 4.70. The van der Waals surface area contributed by atoms with Crippen LogP contribution in [0.15, 0.2) is 4.99 Å². The maximum absolute atomic E-state index is 5.33. The molecule has 2 fully saturated rings. The van der Waals surface area contributed by atoms with Crippen LogP contribution in [-0.4, -0.2) is 60.8 Å². The fourth-order valence-corrected chi connectivity index (χ4v) is 3.10. The van der Waals surface area contributed by atoms with Gasteiger partial charge in [-0.25, -0.2) is 0 Å². The van der Waals surface area contributed by atoms with Crippen LogP contribution in [0.5, 0.6) is 0 Å². The highest BCUT2D eigenvalue weighted by molar-refractivity contribution is 8.14. The van der Waals surface area contributed by atoms with Gasteiger partial charge in [0.2, 0.25) is 0 Å². The standard InChI is InChI=1S/C12H23N3OS/c1-12(2)10-17-11(14-12)13-4-3-5-15-6-8-16-9-7-15/h3-10H2,1-2H3,(H,13,14). The number of morpholine rings is 1. The molecule has 0 radical (unpaired) electrons. The van der Waals surface area contributed by atoms with Crippen LogP contribution in [0.1, 0.15) is 20.3 Å². The zero-order valence-electron chi connectivity index (χ0n) is 10.9. The summed E-state index contributed by atoms with van der Waals surface area (Å²) >= 11 is 1.84. The molecule has 1 N–H and O–H groups in total. The zero-order valence-corrected chi connectivity index (χ0v) is 11.7. The Hall–Kier alpha value is -0.260. The molecule has 2 heterocycles. The number of hydrogen-bond donors (Lipinski definition) is 1. The van der Waals surface area contributed by atoms with E-state index in [2.05, 4.69) is 29.1 Å². The van der Waals surface area contributed by atoms with Gasteiger partial charge in [0, 0.05) is 37.5 Å². The minimum atomic E-state index is 0.216. The molecule has 0 amide bonds. The average Bonchev–Trinajstić information content (AvgIpc) is 2.66. The highest BCUT2D eigenvalue weighted by Crippen LogP contribution is 2.21. The first-order valence-electron chi connectivity index (χ1n) is 6.41. The molecule has 0 aromatic heterocycles. The summed E-state index contributed by atoms with van der Waals surface area (Å²) in [6.07, 6.45) is 1.15. The molecule has 0 atom stereocenters. The molecule has 2 saturated heterocycles. The molecular weight excluding hydrogens is 234 g/mol. The van der Waals surface area contributed by atoms with Gasteiger partial charge in [0.1, 0.15) is 0 Å². The summed E-state index contributed by atoms with van der Waals surface area (Å²) in [4.78, 5) is 7.07. The van der Waals surface area contributed by atoms with E-state index in [0.717, 1.165) is 56.7 Å². The lowest BCUT2D eigenvalue weighted by Crippen LogP contribution is -2.37. The Morgan fingerprint density at radius 3 is 2.82 bits per heavy atom. The second-order valence-electron chi connectivity index (χ2n) is 5.29. The Labute approximate surface area is 108 Å². The molecule has 0 aliphatic carbocycles. The molecule has 4 nitrogen and oxygen atoms in total. The Balaban J connectivity index is 1.61. The van der Waals surface area contributed by atoms with Crippen LogP contribution in [0, 0.1) is 0 Å². The maximum Gasteiger partial charge on any atom is 0.157 e. The van der Waals surface area contributed by atoms with E-state index in [4.69, 9.17) is 4.74 Å². The summed E-state index contributed by atoms with van der Waals surface area (Å²) in [5, 5.41) is 4.57. The third-order valence-electron chi connectivity index (χ3n) is 3.01. The van der Waals surface area contributed by atoms with Crippen molar-refractivity contribution in [2.45, 2.75) is 25.8 Å². The molecule has 2 aliphatic rings. The monoisotopic (exact) mass is 257 g/mol. The minimum Gasteiger partial charge on any atom is -0.379 e. The van der Waals surface area contributed by atoms with Crippen molar-refractivity contribution in [3.63, 3.8) is 0 Å². The van der Waals surface area contributed by atoms with Crippen molar-refractivity contribution < 1.29 is 4.74 Å². The first-order valence-corrected chi connectivity index (χ1v) is 7.40. The number of nitrogens with one attached hydrogen (secondary N) is 1. The van der Waals surface area contributed by atoms with Crippen LogP contribution in [0.25, 0.3) is 0 Å². The van der Waals surface area contributed by atoms with E-state index in [1.54, 1.807) is 0 Å². The summed E-state index contributed by atoms with van der Waals surface area (Å²) in [5.41, 5.74) is 0.216. The van der Waals surface area contributed by atoms with Crippen LogP contribution in [0.2, 0.25) is 0 Å².